The molecule has 9 heavy (non-hydrogen) atoms. The maximum Gasteiger partial charge on any atom is 0.231 e. The Hall–Kier alpha value is -0.700. The Morgan fingerprint density at radius 2 is 1.78 bits per heavy atom. The number of nitrogens with two attached hydrogens (primary N) is 2. The number of carbonyl (C=O) groups excluding carboxylic acids is 1. The summed E-state index contributed by atoms with van der Waals surface area (Å²) in [7, 11) is 0. The molecule has 5 N–H and O–H groups in total. The Balaban J connectivity index is 0. The average molecular weight is 131 g/mol. The second-order valence-corrected chi connectivity index (χ2v) is 2.29. The molecule has 54 valence electrons. The van der Waals surface area contributed by atoms with Crippen LogP contribution in [0.3, 0.4) is 0 Å². The van der Waals surface area contributed by atoms with Crippen LogP contribution < -0.4 is 11.5 Å². The highest BCUT2D eigenvalue weighted by Crippen LogP contribution is 1.88. The highest BCUT2D eigenvalue weighted by Gasteiger charge is 2.04. The van der Waals surface area contributed by atoms with E-state index in [1.807, 2.05) is 13.8 Å². The predicted octanol–water partition coefficient (Wildman–Crippen LogP) is -0.417. The van der Waals surface area contributed by atoms with E-state index in [4.69, 9.17) is 21.7 Å². The van der Waals surface area contributed by atoms with Gasteiger partial charge < -0.3 is 11.5 Å². The lowest BCUT2D eigenvalue weighted by Gasteiger charge is -2.13. The molecule has 0 heterocycles. The molecular weight excluding hydrogens is 118 g/mol. The van der Waals surface area contributed by atoms with Crippen molar-refractivity contribution in [2.45, 2.75) is 19.4 Å². The van der Waals surface area contributed by atoms with Gasteiger partial charge in [-0.25, -0.2) is 10.2 Å². The summed E-state index contributed by atoms with van der Waals surface area (Å²) in [5.74, 6) is 0. The zero-order valence-electron chi connectivity index (χ0n) is 5.77. The van der Waals surface area contributed by atoms with Gasteiger partial charge in [0.05, 0.1) is 0 Å². The smallest absolute Gasteiger partial charge is 0.231 e. The Kier molecular flexibility index (Phi) is 6.73. The van der Waals surface area contributed by atoms with Crippen LogP contribution in [0.5, 0.6) is 0 Å². The summed E-state index contributed by atoms with van der Waals surface area (Å²) in [6.45, 7) is 4.34. The molecule has 0 saturated heterocycles. The zero-order valence-corrected chi connectivity index (χ0v) is 5.77. The lowest BCUT2D eigenvalue weighted by molar-refractivity contribution is 0.532. The van der Waals surface area contributed by atoms with Crippen LogP contribution in [0.1, 0.15) is 13.8 Å². The largest absolute Gasteiger partial charge is 0.329 e. The molecule has 0 aromatic rings. The van der Waals surface area contributed by atoms with Crippen LogP contribution in [-0.4, -0.2) is 18.2 Å². The molecule has 0 rings (SSSR count). The van der Waals surface area contributed by atoms with Crippen molar-refractivity contribution < 1.29 is 4.79 Å². The average Bonchev–Trinajstić information content (AvgIpc) is 1.67. The maximum atomic E-state index is 8.35. The van der Waals surface area contributed by atoms with Crippen LogP contribution in [-0.2, 0) is 4.79 Å². The normalized spacial score (nSPS) is 8.89. The Morgan fingerprint density at radius 1 is 1.67 bits per heavy atom. The first-order chi connectivity index (χ1) is 3.97. The number of hydrogen-bond acceptors (Lipinski definition) is 4. The first-order valence-corrected chi connectivity index (χ1v) is 2.50. The van der Waals surface area contributed by atoms with E-state index in [0.29, 0.717) is 6.54 Å². The summed E-state index contributed by atoms with van der Waals surface area (Å²) in [5.41, 5.74) is 10.4. The molecule has 0 saturated carbocycles. The predicted molar refractivity (Wildman–Crippen MR) is 35.7 cm³/mol. The van der Waals surface area contributed by atoms with Crippen molar-refractivity contribution in [2.75, 3.05) is 6.54 Å². The molecule has 0 fully saturated rings. The van der Waals surface area contributed by atoms with Crippen molar-refractivity contribution in [1.82, 2.24) is 0 Å². The summed E-state index contributed by atoms with van der Waals surface area (Å²) >= 11 is 0. The minimum Gasteiger partial charge on any atom is -0.329 e. The number of hydrogen-bond donors (Lipinski definition) is 3. The summed E-state index contributed by atoms with van der Waals surface area (Å²) in [5, 5.41) is 5.40. The summed E-state index contributed by atoms with van der Waals surface area (Å²) < 4.78 is 0. The first-order valence-electron chi connectivity index (χ1n) is 2.50. The van der Waals surface area contributed by atoms with E-state index >= 15 is 0 Å². The van der Waals surface area contributed by atoms with Gasteiger partial charge in [0.25, 0.3) is 0 Å². The van der Waals surface area contributed by atoms with Gasteiger partial charge in [-0.3, -0.25) is 0 Å². The first kappa shape index (κ1) is 11.1. The minimum absolute atomic E-state index is 0.181. The molecule has 0 bridgehead atoms. The number of nitrogens with one attached hydrogen (secondary N) is 1. The number of rotatable bonds is 1. The lowest BCUT2D eigenvalue weighted by atomic mass is 10.1. The van der Waals surface area contributed by atoms with E-state index in [-0.39, 0.29) is 5.54 Å². The second kappa shape index (κ2) is 5.44. The van der Waals surface area contributed by atoms with Crippen molar-refractivity contribution in [3.8, 4) is 0 Å². The maximum absolute atomic E-state index is 8.35. The van der Waals surface area contributed by atoms with Crippen LogP contribution >= 0.6 is 0 Å². The van der Waals surface area contributed by atoms with Gasteiger partial charge in [0.1, 0.15) is 0 Å². The topological polar surface area (TPSA) is 93.0 Å². The molecule has 0 aliphatic carbocycles. The van der Waals surface area contributed by atoms with Crippen LogP contribution in [0.4, 0.5) is 0 Å². The van der Waals surface area contributed by atoms with Gasteiger partial charge >= 0.3 is 0 Å². The molecule has 0 aromatic carbocycles. The second-order valence-electron chi connectivity index (χ2n) is 2.29. The van der Waals surface area contributed by atoms with Crippen LogP contribution in [0, 0.1) is 5.41 Å². The fourth-order valence-corrected chi connectivity index (χ4v) is 0. The van der Waals surface area contributed by atoms with Gasteiger partial charge in [0, 0.05) is 12.1 Å². The molecule has 0 atom stereocenters. The quantitative estimate of drug-likeness (QED) is 0.333. The van der Waals surface area contributed by atoms with Gasteiger partial charge in [0.2, 0.25) is 6.08 Å². The third-order valence-corrected chi connectivity index (χ3v) is 0.526. The third-order valence-electron chi connectivity index (χ3n) is 0.526. The fourth-order valence-electron chi connectivity index (χ4n) is 0. The van der Waals surface area contributed by atoms with Crippen LogP contribution in [0.2, 0.25) is 0 Å². The molecule has 0 spiro atoms. The highest BCUT2D eigenvalue weighted by molar-refractivity contribution is 5.26. The standard InChI is InChI=1S/C4H12N2.CHNO/c1-4(2,6)3-5;2-1-3/h3,5-6H2,1-2H3;2H. The van der Waals surface area contributed by atoms with Gasteiger partial charge in [0.15, 0.2) is 0 Å². The van der Waals surface area contributed by atoms with Gasteiger partial charge in [-0.2, -0.15) is 0 Å². The monoisotopic (exact) mass is 131 g/mol. The highest BCUT2D eigenvalue weighted by atomic mass is 16.1. The van der Waals surface area contributed by atoms with E-state index < -0.39 is 0 Å². The minimum atomic E-state index is -0.181. The van der Waals surface area contributed by atoms with E-state index in [1.54, 1.807) is 0 Å². The molecule has 0 aliphatic rings. The van der Waals surface area contributed by atoms with Crippen molar-refractivity contribution >= 4 is 6.08 Å². The molecule has 0 unspecified atom stereocenters. The van der Waals surface area contributed by atoms with Gasteiger partial charge in [-0.15, -0.1) is 0 Å². The Bertz CT molecular complexity index is 88.9. The summed E-state index contributed by atoms with van der Waals surface area (Å²) in [4.78, 5) is 8.35. The van der Waals surface area contributed by atoms with Crippen molar-refractivity contribution in [2.24, 2.45) is 11.5 Å². The SMILES string of the molecule is CC(C)(N)CN.N=C=O. The summed E-state index contributed by atoms with van der Waals surface area (Å²) in [6, 6.07) is 0. The fraction of sp³-hybridized carbons (Fsp3) is 0.800. The van der Waals surface area contributed by atoms with Gasteiger partial charge in [-0.05, 0) is 13.8 Å². The molecule has 0 aliphatic heterocycles. The van der Waals surface area contributed by atoms with E-state index in [1.165, 1.54) is 0 Å². The Labute approximate surface area is 54.7 Å². The molecular formula is C5H13N3O. The van der Waals surface area contributed by atoms with Crippen molar-refractivity contribution in [1.29, 1.82) is 5.41 Å². The molecule has 4 nitrogen and oxygen atoms in total. The molecule has 4 heteroatoms. The molecule has 0 aromatic heterocycles. The van der Waals surface area contributed by atoms with E-state index in [2.05, 4.69) is 0 Å². The zero-order chi connectivity index (χ0) is 7.91. The van der Waals surface area contributed by atoms with E-state index in [0.717, 1.165) is 6.08 Å². The van der Waals surface area contributed by atoms with Crippen LogP contribution in [0.15, 0.2) is 0 Å². The number of isocyanates is 1. The van der Waals surface area contributed by atoms with E-state index in [9.17, 15) is 0 Å². The van der Waals surface area contributed by atoms with Crippen molar-refractivity contribution in [3.63, 3.8) is 0 Å². The Morgan fingerprint density at radius 3 is 1.78 bits per heavy atom. The van der Waals surface area contributed by atoms with Gasteiger partial charge in [-0.1, -0.05) is 0 Å². The van der Waals surface area contributed by atoms with Crippen molar-refractivity contribution in [3.05, 3.63) is 0 Å². The third kappa shape index (κ3) is 38.8. The van der Waals surface area contributed by atoms with Crippen LogP contribution in [0.25, 0.3) is 0 Å². The molecule has 0 radical (unpaired) electrons. The molecule has 0 amide bonds. The summed E-state index contributed by atoms with van der Waals surface area (Å²) in [6.07, 6.45) is 0.750. The lowest BCUT2D eigenvalue weighted by Crippen LogP contribution is -2.40.